The maximum Gasteiger partial charge on any atom is 0.251 e. The molecule has 1 aromatic heterocycles. The maximum absolute atomic E-state index is 13.0. The van der Waals surface area contributed by atoms with Crippen LogP contribution in [0.1, 0.15) is 105 Å². The van der Waals surface area contributed by atoms with Gasteiger partial charge < -0.3 is 9.73 Å². The van der Waals surface area contributed by atoms with E-state index in [1.54, 1.807) is 6.07 Å². The van der Waals surface area contributed by atoms with Gasteiger partial charge in [0.05, 0.1) is 11.6 Å². The molecule has 6 rings (SSSR count). The van der Waals surface area contributed by atoms with Crippen molar-refractivity contribution in [2.75, 3.05) is 19.6 Å². The monoisotopic (exact) mass is 588 g/mol. The van der Waals surface area contributed by atoms with Crippen molar-refractivity contribution >= 4 is 17.0 Å². The van der Waals surface area contributed by atoms with Crippen LogP contribution in [-0.2, 0) is 17.4 Å². The highest BCUT2D eigenvalue weighted by molar-refractivity contribution is 5.94. The van der Waals surface area contributed by atoms with E-state index < -0.39 is 0 Å². The van der Waals surface area contributed by atoms with Crippen LogP contribution in [0.15, 0.2) is 59.0 Å². The molecule has 6 heteroatoms. The van der Waals surface area contributed by atoms with Gasteiger partial charge in [-0.15, -0.1) is 0 Å². The third-order valence-corrected chi connectivity index (χ3v) is 9.91. The van der Waals surface area contributed by atoms with Gasteiger partial charge in [-0.25, -0.2) is 4.98 Å². The number of hydrogen-bond donors (Lipinski definition) is 1. The van der Waals surface area contributed by atoms with Gasteiger partial charge in [0, 0.05) is 36.3 Å². The van der Waals surface area contributed by atoms with Crippen molar-refractivity contribution in [2.24, 2.45) is 5.92 Å². The van der Waals surface area contributed by atoms with Crippen LogP contribution in [0.25, 0.3) is 22.6 Å². The molecule has 2 aliphatic rings. The summed E-state index contributed by atoms with van der Waals surface area (Å²) in [4.78, 5) is 20.2. The molecule has 0 spiro atoms. The van der Waals surface area contributed by atoms with Crippen molar-refractivity contribution in [3.63, 3.8) is 0 Å². The Kier molecular flexibility index (Phi) is 7.88. The normalized spacial score (nSPS) is 19.2. The molecule has 0 radical (unpaired) electrons. The van der Waals surface area contributed by atoms with Gasteiger partial charge in [0.15, 0.2) is 5.58 Å². The Morgan fingerprint density at radius 1 is 1.05 bits per heavy atom. The molecule has 1 atom stereocenters. The van der Waals surface area contributed by atoms with E-state index in [-0.39, 0.29) is 22.7 Å². The van der Waals surface area contributed by atoms with E-state index in [0.717, 1.165) is 37.2 Å². The lowest BCUT2D eigenvalue weighted by Crippen LogP contribution is -2.34. The highest BCUT2D eigenvalue weighted by Gasteiger charge is 2.37. The molecule has 0 bridgehead atoms. The van der Waals surface area contributed by atoms with Crippen molar-refractivity contribution in [2.45, 2.75) is 84.1 Å². The molecule has 44 heavy (non-hydrogen) atoms. The van der Waals surface area contributed by atoms with E-state index in [4.69, 9.17) is 4.42 Å². The molecule has 0 saturated carbocycles. The molecule has 4 aromatic rings. The summed E-state index contributed by atoms with van der Waals surface area (Å²) in [6, 6.07) is 20.4. The first-order valence-electron chi connectivity index (χ1n) is 16.0. The van der Waals surface area contributed by atoms with Gasteiger partial charge in [0.2, 0.25) is 5.89 Å². The molecule has 1 amide bonds. The van der Waals surface area contributed by atoms with E-state index in [9.17, 15) is 10.1 Å². The number of oxazole rings is 1. The lowest BCUT2D eigenvalue weighted by molar-refractivity contribution is 0.0947. The van der Waals surface area contributed by atoms with E-state index in [0.29, 0.717) is 40.6 Å². The highest BCUT2D eigenvalue weighted by atomic mass is 16.3. The van der Waals surface area contributed by atoms with Crippen LogP contribution < -0.4 is 5.32 Å². The molecule has 1 N–H and O–H groups in total. The fraction of sp³-hybridized carbons (Fsp3) is 0.447. The van der Waals surface area contributed by atoms with E-state index >= 15 is 0 Å². The van der Waals surface area contributed by atoms with Crippen molar-refractivity contribution in [3.8, 4) is 17.5 Å². The maximum atomic E-state index is 13.0. The molecular weight excluding hydrogens is 544 g/mol. The van der Waals surface area contributed by atoms with Crippen LogP contribution in [0, 0.1) is 17.2 Å². The van der Waals surface area contributed by atoms with E-state index in [1.807, 2.05) is 30.3 Å². The summed E-state index contributed by atoms with van der Waals surface area (Å²) in [5.41, 5.74) is 9.23. The largest absolute Gasteiger partial charge is 0.436 e. The third-order valence-electron chi connectivity index (χ3n) is 9.91. The minimum Gasteiger partial charge on any atom is -0.436 e. The van der Waals surface area contributed by atoms with Gasteiger partial charge in [0.1, 0.15) is 5.52 Å². The number of nitrogens with one attached hydrogen (secondary N) is 1. The number of nitrogens with zero attached hydrogens (tertiary/aromatic N) is 3. The molecule has 1 aliphatic heterocycles. The minimum atomic E-state index is -0.0622. The predicted molar refractivity (Wildman–Crippen MR) is 176 cm³/mol. The first-order chi connectivity index (χ1) is 20.9. The van der Waals surface area contributed by atoms with Gasteiger partial charge in [-0.1, -0.05) is 59.7 Å². The fourth-order valence-corrected chi connectivity index (χ4v) is 6.99. The number of amides is 1. The first-order valence-corrected chi connectivity index (χ1v) is 16.0. The zero-order valence-electron chi connectivity index (χ0n) is 27.0. The third kappa shape index (κ3) is 5.90. The van der Waals surface area contributed by atoms with Crippen LogP contribution in [0.4, 0.5) is 0 Å². The van der Waals surface area contributed by atoms with Gasteiger partial charge in [0.25, 0.3) is 5.91 Å². The second-order valence-electron chi connectivity index (χ2n) is 14.5. The SMILES string of the molecule is CC(C)c1cc(C#N)cc2nc(-c3ccc(C(=O)NCC4CCN(Cc5ccc6c(c5)C(C)(C)CCC6(C)C)C4)cc3)oc12. The van der Waals surface area contributed by atoms with Crippen molar-refractivity contribution < 1.29 is 9.21 Å². The summed E-state index contributed by atoms with van der Waals surface area (Å²) in [6.45, 7) is 17.4. The number of rotatable bonds is 7. The van der Waals surface area contributed by atoms with Crippen molar-refractivity contribution in [1.29, 1.82) is 5.26 Å². The Morgan fingerprint density at radius 3 is 2.48 bits per heavy atom. The van der Waals surface area contributed by atoms with Crippen LogP contribution in [0.3, 0.4) is 0 Å². The van der Waals surface area contributed by atoms with Crippen LogP contribution in [-0.4, -0.2) is 35.4 Å². The van der Waals surface area contributed by atoms with Gasteiger partial charge in [-0.05, 0) is 102 Å². The molecule has 1 unspecified atom stereocenters. The Hall–Kier alpha value is -3.95. The lowest BCUT2D eigenvalue weighted by atomic mass is 9.63. The Bertz CT molecular complexity index is 1740. The van der Waals surface area contributed by atoms with Gasteiger partial charge in [-0.3, -0.25) is 9.69 Å². The molecule has 1 saturated heterocycles. The average Bonchev–Trinajstić information content (AvgIpc) is 3.64. The second-order valence-corrected chi connectivity index (χ2v) is 14.5. The number of likely N-dealkylation sites (tertiary alicyclic amines) is 1. The van der Waals surface area contributed by atoms with Crippen LogP contribution >= 0.6 is 0 Å². The minimum absolute atomic E-state index is 0.0622. The lowest BCUT2D eigenvalue weighted by Gasteiger charge is -2.42. The smallest absolute Gasteiger partial charge is 0.251 e. The molecule has 1 fully saturated rings. The van der Waals surface area contributed by atoms with Crippen LogP contribution in [0.5, 0.6) is 0 Å². The number of aromatic nitrogens is 1. The number of fused-ring (bicyclic) bond motifs is 2. The number of hydrogen-bond acceptors (Lipinski definition) is 5. The summed E-state index contributed by atoms with van der Waals surface area (Å²) < 4.78 is 6.13. The topological polar surface area (TPSA) is 82.2 Å². The first kappa shape index (κ1) is 30.1. The molecule has 6 nitrogen and oxygen atoms in total. The standard InChI is InChI=1S/C38H44N4O2/c1-24(2)30-17-27(20-39)19-33-34(30)44-36(41-33)29-10-8-28(9-11-29)35(43)40-21-26-13-16-42(23-26)22-25-7-12-31-32(18-25)38(5,6)15-14-37(31,3)4/h7-12,17-19,24,26H,13-16,21-23H2,1-6H3,(H,40,43). The summed E-state index contributed by atoms with van der Waals surface area (Å²) in [5.74, 6) is 1.07. The molecule has 2 heterocycles. The Morgan fingerprint density at radius 2 is 1.77 bits per heavy atom. The van der Waals surface area contributed by atoms with Crippen LogP contribution in [0.2, 0.25) is 0 Å². The van der Waals surface area contributed by atoms with E-state index in [1.165, 1.54) is 29.5 Å². The Balaban J connectivity index is 1.05. The summed E-state index contributed by atoms with van der Waals surface area (Å²) in [5, 5.41) is 12.6. The van der Waals surface area contributed by atoms with Crippen molar-refractivity contribution in [1.82, 2.24) is 15.2 Å². The number of carbonyl (C=O) groups is 1. The molecular formula is C38H44N4O2. The van der Waals surface area contributed by atoms with E-state index in [2.05, 4.69) is 81.0 Å². The van der Waals surface area contributed by atoms with Crippen molar-refractivity contribution in [3.05, 3.63) is 88.0 Å². The number of benzene rings is 3. The zero-order valence-corrected chi connectivity index (χ0v) is 27.0. The zero-order chi connectivity index (χ0) is 31.2. The molecule has 1 aliphatic carbocycles. The summed E-state index contributed by atoms with van der Waals surface area (Å²) >= 11 is 0. The van der Waals surface area contributed by atoms with Gasteiger partial charge in [-0.2, -0.15) is 5.26 Å². The second kappa shape index (κ2) is 11.5. The fourth-order valence-electron chi connectivity index (χ4n) is 6.99. The molecule has 228 valence electrons. The number of carbonyl (C=O) groups excluding carboxylic acids is 1. The predicted octanol–water partition coefficient (Wildman–Crippen LogP) is 8.09. The summed E-state index contributed by atoms with van der Waals surface area (Å²) in [6.07, 6.45) is 3.55. The summed E-state index contributed by atoms with van der Waals surface area (Å²) in [7, 11) is 0. The number of nitriles is 1. The van der Waals surface area contributed by atoms with Gasteiger partial charge >= 0.3 is 0 Å². The average molecular weight is 589 g/mol. The highest BCUT2D eigenvalue weighted by Crippen LogP contribution is 2.46. The quantitative estimate of drug-likeness (QED) is 0.236. The Labute approximate surface area is 261 Å². The molecule has 3 aromatic carbocycles.